The van der Waals surface area contributed by atoms with Gasteiger partial charge in [-0.25, -0.2) is 9.97 Å². The van der Waals surface area contributed by atoms with Crippen molar-refractivity contribution in [3.8, 4) is 0 Å². The van der Waals surface area contributed by atoms with Crippen molar-refractivity contribution in [2.45, 2.75) is 18.9 Å². The Bertz CT molecular complexity index is 487. The molecule has 1 saturated heterocycles. The first kappa shape index (κ1) is 9.12. The van der Waals surface area contributed by atoms with Gasteiger partial charge in [0, 0.05) is 12.4 Å². The minimum absolute atomic E-state index is 0.353. The second-order valence-corrected chi connectivity index (χ2v) is 4.10. The minimum atomic E-state index is 0.353. The van der Waals surface area contributed by atoms with Gasteiger partial charge in [0.25, 0.3) is 0 Å². The Balaban J connectivity index is 2.15. The number of nitrogens with zero attached hydrogens (tertiary/aromatic N) is 3. The number of aromatic nitrogens is 3. The van der Waals surface area contributed by atoms with Gasteiger partial charge in [-0.2, -0.15) is 0 Å². The quantitative estimate of drug-likeness (QED) is 0.800. The summed E-state index contributed by atoms with van der Waals surface area (Å²) in [6.45, 7) is 1.07. The summed E-state index contributed by atoms with van der Waals surface area (Å²) in [6.07, 6.45) is 7.74. The van der Waals surface area contributed by atoms with Crippen LogP contribution in [0, 0.1) is 0 Å². The lowest BCUT2D eigenvalue weighted by Gasteiger charge is -2.08. The zero-order chi connectivity index (χ0) is 10.3. The van der Waals surface area contributed by atoms with Crippen molar-refractivity contribution in [3.05, 3.63) is 29.6 Å². The molecule has 1 atom stereocenters. The highest BCUT2D eigenvalue weighted by atomic mass is 35.5. The van der Waals surface area contributed by atoms with Crippen molar-refractivity contribution in [3.63, 3.8) is 0 Å². The third-order valence-electron chi connectivity index (χ3n) is 2.81. The van der Waals surface area contributed by atoms with Gasteiger partial charge >= 0.3 is 0 Å². The van der Waals surface area contributed by atoms with Crippen LogP contribution >= 0.6 is 11.6 Å². The topological polar surface area (TPSA) is 42.2 Å². The predicted octanol–water partition coefficient (Wildman–Crippen LogP) is 1.81. The Labute approximate surface area is 92.3 Å². The molecule has 3 rings (SSSR count). The van der Waals surface area contributed by atoms with Crippen LogP contribution in [0.5, 0.6) is 0 Å². The fourth-order valence-electron chi connectivity index (χ4n) is 2.08. The van der Waals surface area contributed by atoms with Crippen LogP contribution in [-0.4, -0.2) is 20.9 Å². The molecular formula is C10H11ClN4. The highest BCUT2D eigenvalue weighted by Crippen LogP contribution is 2.24. The molecule has 1 aliphatic rings. The van der Waals surface area contributed by atoms with Crippen LogP contribution in [0.4, 0.5) is 0 Å². The van der Waals surface area contributed by atoms with Gasteiger partial charge < -0.3 is 5.32 Å². The average molecular weight is 223 g/mol. The maximum Gasteiger partial charge on any atom is 0.154 e. The number of rotatable bonds is 1. The summed E-state index contributed by atoms with van der Waals surface area (Å²) in [7, 11) is 0. The first-order chi connectivity index (χ1) is 7.36. The van der Waals surface area contributed by atoms with Crippen LogP contribution in [0.15, 0.2) is 18.6 Å². The molecule has 0 amide bonds. The van der Waals surface area contributed by atoms with Gasteiger partial charge in [0.1, 0.15) is 11.3 Å². The van der Waals surface area contributed by atoms with Gasteiger partial charge in [0.15, 0.2) is 5.15 Å². The molecule has 2 aromatic rings. The summed E-state index contributed by atoms with van der Waals surface area (Å²) in [6, 6.07) is 0.353. The first-order valence-electron chi connectivity index (χ1n) is 5.07. The molecule has 1 unspecified atom stereocenters. The molecule has 15 heavy (non-hydrogen) atoms. The van der Waals surface area contributed by atoms with E-state index in [1.165, 1.54) is 6.42 Å². The van der Waals surface area contributed by atoms with Crippen LogP contribution in [-0.2, 0) is 0 Å². The van der Waals surface area contributed by atoms with Gasteiger partial charge in [0.05, 0.1) is 12.2 Å². The second-order valence-electron chi connectivity index (χ2n) is 3.74. The van der Waals surface area contributed by atoms with E-state index in [0.29, 0.717) is 11.2 Å². The van der Waals surface area contributed by atoms with E-state index >= 15 is 0 Å². The monoisotopic (exact) mass is 222 g/mol. The molecule has 0 saturated carbocycles. The molecule has 0 spiro atoms. The van der Waals surface area contributed by atoms with Crippen molar-refractivity contribution in [2.75, 3.05) is 6.54 Å². The highest BCUT2D eigenvalue weighted by Gasteiger charge is 2.20. The Kier molecular flexibility index (Phi) is 2.11. The maximum atomic E-state index is 5.98. The van der Waals surface area contributed by atoms with Crippen molar-refractivity contribution < 1.29 is 0 Å². The molecule has 0 aliphatic carbocycles. The molecule has 1 N–H and O–H groups in total. The van der Waals surface area contributed by atoms with E-state index in [1.807, 2.05) is 10.6 Å². The number of imidazole rings is 1. The summed E-state index contributed by atoms with van der Waals surface area (Å²) in [5, 5.41) is 3.93. The predicted molar refractivity (Wildman–Crippen MR) is 58.0 cm³/mol. The molecule has 0 radical (unpaired) electrons. The normalized spacial score (nSPS) is 21.3. The van der Waals surface area contributed by atoms with Gasteiger partial charge in [-0.05, 0) is 19.4 Å². The van der Waals surface area contributed by atoms with Crippen LogP contribution in [0.3, 0.4) is 0 Å². The SMILES string of the molecule is Clc1nccn2c(C3CCCN3)ncc12. The molecule has 5 heteroatoms. The smallest absolute Gasteiger partial charge is 0.154 e. The Morgan fingerprint density at radius 3 is 3.20 bits per heavy atom. The Morgan fingerprint density at radius 2 is 2.40 bits per heavy atom. The zero-order valence-corrected chi connectivity index (χ0v) is 8.91. The molecule has 3 heterocycles. The van der Waals surface area contributed by atoms with Crippen LogP contribution in [0.1, 0.15) is 24.7 Å². The van der Waals surface area contributed by atoms with Gasteiger partial charge in [-0.1, -0.05) is 11.6 Å². The molecule has 0 aromatic carbocycles. The van der Waals surface area contributed by atoms with E-state index in [0.717, 1.165) is 24.3 Å². The van der Waals surface area contributed by atoms with E-state index in [9.17, 15) is 0 Å². The molecule has 78 valence electrons. The number of hydrogen-bond acceptors (Lipinski definition) is 3. The Hall–Kier alpha value is -1.13. The molecule has 4 nitrogen and oxygen atoms in total. The summed E-state index contributed by atoms with van der Waals surface area (Å²) >= 11 is 5.98. The number of fused-ring (bicyclic) bond motifs is 1. The number of halogens is 1. The summed E-state index contributed by atoms with van der Waals surface area (Å²) in [4.78, 5) is 8.45. The van der Waals surface area contributed by atoms with Crippen molar-refractivity contribution in [1.29, 1.82) is 0 Å². The zero-order valence-electron chi connectivity index (χ0n) is 8.15. The van der Waals surface area contributed by atoms with E-state index in [2.05, 4.69) is 15.3 Å². The summed E-state index contributed by atoms with van der Waals surface area (Å²) < 4.78 is 2.01. The lowest BCUT2D eigenvalue weighted by molar-refractivity contribution is 0.602. The lowest BCUT2D eigenvalue weighted by atomic mass is 10.2. The molecule has 0 bridgehead atoms. The largest absolute Gasteiger partial charge is 0.307 e. The van der Waals surface area contributed by atoms with Crippen molar-refractivity contribution in [2.24, 2.45) is 0 Å². The minimum Gasteiger partial charge on any atom is -0.307 e. The summed E-state index contributed by atoms with van der Waals surface area (Å²) in [5.74, 6) is 1.03. The summed E-state index contributed by atoms with van der Waals surface area (Å²) in [5.41, 5.74) is 0.878. The maximum absolute atomic E-state index is 5.98. The van der Waals surface area contributed by atoms with Crippen LogP contribution in [0.2, 0.25) is 5.15 Å². The van der Waals surface area contributed by atoms with Gasteiger partial charge in [-0.3, -0.25) is 4.40 Å². The van der Waals surface area contributed by atoms with Crippen LogP contribution < -0.4 is 5.32 Å². The van der Waals surface area contributed by atoms with Gasteiger partial charge in [0.2, 0.25) is 0 Å². The van der Waals surface area contributed by atoms with Crippen LogP contribution in [0.25, 0.3) is 5.52 Å². The molecule has 1 aliphatic heterocycles. The highest BCUT2D eigenvalue weighted by molar-refractivity contribution is 6.32. The molecule has 1 fully saturated rings. The third kappa shape index (κ3) is 1.41. The van der Waals surface area contributed by atoms with E-state index < -0.39 is 0 Å². The second kappa shape index (κ2) is 3.47. The average Bonchev–Trinajstić information content (AvgIpc) is 2.85. The van der Waals surface area contributed by atoms with E-state index in [1.54, 1.807) is 12.4 Å². The van der Waals surface area contributed by atoms with Crippen molar-refractivity contribution in [1.82, 2.24) is 19.7 Å². The number of nitrogens with one attached hydrogen (secondary N) is 1. The van der Waals surface area contributed by atoms with E-state index in [4.69, 9.17) is 11.6 Å². The molecule has 2 aromatic heterocycles. The standard InChI is InChI=1S/C10H11ClN4/c11-9-8-6-14-10(7-2-1-3-12-7)15(8)5-4-13-9/h4-7,12H,1-3H2. The van der Waals surface area contributed by atoms with E-state index in [-0.39, 0.29) is 0 Å². The third-order valence-corrected chi connectivity index (χ3v) is 3.10. The lowest BCUT2D eigenvalue weighted by Crippen LogP contribution is -2.15. The fraction of sp³-hybridized carbons (Fsp3) is 0.400. The fourth-order valence-corrected chi connectivity index (χ4v) is 2.27. The Morgan fingerprint density at radius 1 is 1.47 bits per heavy atom. The number of hydrogen-bond donors (Lipinski definition) is 1. The first-order valence-corrected chi connectivity index (χ1v) is 5.45. The molecular weight excluding hydrogens is 212 g/mol. The van der Waals surface area contributed by atoms with Gasteiger partial charge in [-0.15, -0.1) is 0 Å². The van der Waals surface area contributed by atoms with Crippen molar-refractivity contribution >= 4 is 17.1 Å².